The van der Waals surface area contributed by atoms with Gasteiger partial charge in [-0.05, 0) is 31.2 Å². The molecule has 0 radical (unpaired) electrons. The number of aromatic nitrogens is 2. The molecule has 1 aromatic heterocycles. The first-order valence-corrected chi connectivity index (χ1v) is 7.96. The highest BCUT2D eigenvalue weighted by Crippen LogP contribution is 2.17. The van der Waals surface area contributed by atoms with Gasteiger partial charge in [-0.1, -0.05) is 6.07 Å². The van der Waals surface area contributed by atoms with E-state index in [1.54, 1.807) is 54.3 Å². The summed E-state index contributed by atoms with van der Waals surface area (Å²) in [5.41, 5.74) is 6.68. The summed E-state index contributed by atoms with van der Waals surface area (Å²) < 4.78 is 6.66. The number of methoxy groups -OCH3 is 1. The SMILES string of the molecule is COC(CN)CC(=O)Nc1cccc(NC(=O)C(C)n2cccn2)c1. The van der Waals surface area contributed by atoms with Crippen LogP contribution >= 0.6 is 0 Å². The van der Waals surface area contributed by atoms with Crippen molar-refractivity contribution in [2.24, 2.45) is 5.73 Å². The van der Waals surface area contributed by atoms with Crippen LogP contribution < -0.4 is 16.4 Å². The van der Waals surface area contributed by atoms with Crippen LogP contribution in [0.1, 0.15) is 19.4 Å². The van der Waals surface area contributed by atoms with Gasteiger partial charge in [-0.25, -0.2) is 0 Å². The lowest BCUT2D eigenvalue weighted by molar-refractivity contribution is -0.119. The summed E-state index contributed by atoms with van der Waals surface area (Å²) in [4.78, 5) is 24.3. The van der Waals surface area contributed by atoms with Crippen molar-refractivity contribution in [3.63, 3.8) is 0 Å². The second kappa shape index (κ2) is 8.95. The first-order valence-electron chi connectivity index (χ1n) is 7.96. The minimum Gasteiger partial charge on any atom is -0.380 e. The molecule has 8 heteroatoms. The Hall–Kier alpha value is -2.71. The maximum absolute atomic E-state index is 12.3. The van der Waals surface area contributed by atoms with Crippen LogP contribution in [-0.2, 0) is 14.3 Å². The molecule has 2 unspecified atom stereocenters. The molecule has 1 heterocycles. The first kappa shape index (κ1) is 18.6. The fourth-order valence-electron chi connectivity index (χ4n) is 2.23. The quantitative estimate of drug-likeness (QED) is 0.669. The zero-order valence-corrected chi connectivity index (χ0v) is 14.3. The number of rotatable bonds is 8. The Morgan fingerprint density at radius 3 is 2.60 bits per heavy atom. The molecule has 0 bridgehead atoms. The molecule has 2 atom stereocenters. The number of amides is 2. The van der Waals surface area contributed by atoms with Crippen molar-refractivity contribution in [2.75, 3.05) is 24.3 Å². The number of ether oxygens (including phenoxy) is 1. The zero-order chi connectivity index (χ0) is 18.2. The number of carbonyl (C=O) groups is 2. The second-order valence-corrected chi connectivity index (χ2v) is 5.58. The van der Waals surface area contributed by atoms with Gasteiger partial charge < -0.3 is 21.1 Å². The Balaban J connectivity index is 1.96. The number of nitrogens with two attached hydrogens (primary N) is 1. The van der Waals surface area contributed by atoms with E-state index in [4.69, 9.17) is 10.5 Å². The molecule has 2 aromatic rings. The third kappa shape index (κ3) is 5.40. The van der Waals surface area contributed by atoms with Crippen molar-refractivity contribution in [1.82, 2.24) is 9.78 Å². The van der Waals surface area contributed by atoms with E-state index in [0.717, 1.165) is 0 Å². The van der Waals surface area contributed by atoms with Crippen LogP contribution in [0.15, 0.2) is 42.7 Å². The van der Waals surface area contributed by atoms with Gasteiger partial charge in [0.25, 0.3) is 0 Å². The van der Waals surface area contributed by atoms with E-state index in [1.807, 2.05) is 0 Å². The van der Waals surface area contributed by atoms with E-state index >= 15 is 0 Å². The lowest BCUT2D eigenvalue weighted by Gasteiger charge is -2.14. The molecule has 0 aliphatic heterocycles. The Labute approximate surface area is 146 Å². The standard InChI is InChI=1S/C17H23N5O3/c1-12(22-8-4-7-19-22)17(24)21-14-6-3-5-13(9-14)20-16(23)10-15(11-18)25-2/h3-9,12,15H,10-11,18H2,1-2H3,(H,20,23)(H,21,24). The molecule has 2 rings (SSSR count). The van der Waals surface area contributed by atoms with Crippen molar-refractivity contribution in [2.45, 2.75) is 25.5 Å². The molecule has 2 amide bonds. The summed E-state index contributed by atoms with van der Waals surface area (Å²) in [6.45, 7) is 2.02. The normalized spacial score (nSPS) is 13.1. The topological polar surface area (TPSA) is 111 Å². The van der Waals surface area contributed by atoms with Crippen LogP contribution in [0, 0.1) is 0 Å². The molecule has 134 valence electrons. The number of benzene rings is 1. The second-order valence-electron chi connectivity index (χ2n) is 5.58. The summed E-state index contributed by atoms with van der Waals surface area (Å²) in [7, 11) is 1.52. The summed E-state index contributed by atoms with van der Waals surface area (Å²) >= 11 is 0. The highest BCUT2D eigenvalue weighted by molar-refractivity contribution is 5.95. The summed E-state index contributed by atoms with van der Waals surface area (Å²) in [6, 6.07) is 8.25. The molecule has 4 N–H and O–H groups in total. The molecule has 0 aliphatic rings. The van der Waals surface area contributed by atoms with E-state index in [1.165, 1.54) is 7.11 Å². The van der Waals surface area contributed by atoms with Gasteiger partial charge in [-0.2, -0.15) is 5.10 Å². The van der Waals surface area contributed by atoms with Crippen molar-refractivity contribution in [1.29, 1.82) is 0 Å². The fourth-order valence-corrected chi connectivity index (χ4v) is 2.23. The third-order valence-corrected chi connectivity index (χ3v) is 3.72. The van der Waals surface area contributed by atoms with E-state index in [2.05, 4.69) is 15.7 Å². The Morgan fingerprint density at radius 2 is 2.00 bits per heavy atom. The average Bonchev–Trinajstić information content (AvgIpc) is 3.13. The van der Waals surface area contributed by atoms with Crippen LogP contribution in [0.25, 0.3) is 0 Å². The lowest BCUT2D eigenvalue weighted by atomic mass is 10.2. The predicted octanol–water partition coefficient (Wildman–Crippen LogP) is 1.39. The molecule has 0 saturated heterocycles. The van der Waals surface area contributed by atoms with Crippen molar-refractivity contribution < 1.29 is 14.3 Å². The van der Waals surface area contributed by atoms with Crippen LogP contribution in [0.4, 0.5) is 11.4 Å². The maximum atomic E-state index is 12.3. The third-order valence-electron chi connectivity index (χ3n) is 3.72. The molecular formula is C17H23N5O3. The van der Waals surface area contributed by atoms with Crippen LogP contribution in [0.2, 0.25) is 0 Å². The first-order chi connectivity index (χ1) is 12.0. The maximum Gasteiger partial charge on any atom is 0.248 e. The van der Waals surface area contributed by atoms with Gasteiger partial charge in [0.1, 0.15) is 6.04 Å². The monoisotopic (exact) mass is 345 g/mol. The smallest absolute Gasteiger partial charge is 0.248 e. The van der Waals surface area contributed by atoms with Crippen molar-refractivity contribution in [3.8, 4) is 0 Å². The number of anilines is 2. The molecule has 0 fully saturated rings. The van der Waals surface area contributed by atoms with Gasteiger partial charge in [0.2, 0.25) is 11.8 Å². The van der Waals surface area contributed by atoms with Gasteiger partial charge >= 0.3 is 0 Å². The molecule has 0 spiro atoms. The molecule has 0 aliphatic carbocycles. The van der Waals surface area contributed by atoms with Gasteiger partial charge in [0, 0.05) is 37.4 Å². The Bertz CT molecular complexity index is 698. The Morgan fingerprint density at radius 1 is 1.28 bits per heavy atom. The number of hydrogen-bond donors (Lipinski definition) is 3. The highest BCUT2D eigenvalue weighted by Gasteiger charge is 2.16. The number of nitrogens with one attached hydrogen (secondary N) is 2. The van der Waals surface area contributed by atoms with Crippen molar-refractivity contribution >= 4 is 23.2 Å². The average molecular weight is 345 g/mol. The molecular weight excluding hydrogens is 322 g/mol. The highest BCUT2D eigenvalue weighted by atomic mass is 16.5. The van der Waals surface area contributed by atoms with Crippen molar-refractivity contribution in [3.05, 3.63) is 42.7 Å². The van der Waals surface area contributed by atoms with Gasteiger partial charge in [-0.15, -0.1) is 0 Å². The van der Waals surface area contributed by atoms with E-state index in [-0.39, 0.29) is 30.9 Å². The van der Waals surface area contributed by atoms with Crippen LogP contribution in [0.5, 0.6) is 0 Å². The van der Waals surface area contributed by atoms with E-state index in [9.17, 15) is 9.59 Å². The minimum absolute atomic E-state index is 0.167. The van der Waals surface area contributed by atoms with E-state index < -0.39 is 6.04 Å². The summed E-state index contributed by atoms with van der Waals surface area (Å²) in [6.07, 6.45) is 3.19. The minimum atomic E-state index is -0.444. The van der Waals surface area contributed by atoms with Gasteiger partial charge in [0.15, 0.2) is 0 Å². The number of hydrogen-bond acceptors (Lipinski definition) is 5. The number of nitrogens with zero attached hydrogens (tertiary/aromatic N) is 2. The number of carbonyl (C=O) groups excluding carboxylic acids is 2. The van der Waals surface area contributed by atoms with Crippen LogP contribution in [0.3, 0.4) is 0 Å². The summed E-state index contributed by atoms with van der Waals surface area (Å²) in [5.74, 6) is -0.402. The predicted molar refractivity (Wildman–Crippen MR) is 95.1 cm³/mol. The van der Waals surface area contributed by atoms with Crippen LogP contribution in [-0.4, -0.2) is 41.4 Å². The van der Waals surface area contributed by atoms with Gasteiger partial charge in [-0.3, -0.25) is 14.3 Å². The largest absolute Gasteiger partial charge is 0.380 e. The zero-order valence-electron chi connectivity index (χ0n) is 14.3. The molecule has 8 nitrogen and oxygen atoms in total. The summed E-state index contributed by atoms with van der Waals surface area (Å²) in [5, 5.41) is 9.64. The molecule has 1 aromatic carbocycles. The lowest BCUT2D eigenvalue weighted by Crippen LogP contribution is -2.28. The fraction of sp³-hybridized carbons (Fsp3) is 0.353. The molecule has 25 heavy (non-hydrogen) atoms. The van der Waals surface area contributed by atoms with E-state index in [0.29, 0.717) is 11.4 Å². The van der Waals surface area contributed by atoms with Gasteiger partial charge in [0.05, 0.1) is 12.5 Å². The Kier molecular flexibility index (Phi) is 6.67. The molecule has 0 saturated carbocycles.